The summed E-state index contributed by atoms with van der Waals surface area (Å²) in [5, 5.41) is 4.68. The van der Waals surface area contributed by atoms with Crippen molar-refractivity contribution in [2.45, 2.75) is 12.8 Å². The zero-order chi connectivity index (χ0) is 37.9. The first kappa shape index (κ1) is 33.4. The summed E-state index contributed by atoms with van der Waals surface area (Å²) in [6, 6.07) is 57.6. The van der Waals surface area contributed by atoms with Gasteiger partial charge in [0, 0.05) is 48.0 Å². The van der Waals surface area contributed by atoms with Crippen LogP contribution in [0.25, 0.3) is 92.7 Å². The molecule has 0 saturated heterocycles. The van der Waals surface area contributed by atoms with Gasteiger partial charge in [0.1, 0.15) is 17.0 Å². The molecule has 0 amide bonds. The summed E-state index contributed by atoms with van der Waals surface area (Å²) >= 11 is 1.81. The quantitative estimate of drug-likeness (QED) is 0.170. The van der Waals surface area contributed by atoms with Gasteiger partial charge in [-0.25, -0.2) is 15.0 Å². The number of hydrogen-bond donors (Lipinski definition) is 0. The first-order valence-electron chi connectivity index (χ1n) is 19.4. The third-order valence-electron chi connectivity index (χ3n) is 11.2. The lowest BCUT2D eigenvalue weighted by atomic mass is 9.84. The number of aromatic nitrogens is 3. The highest BCUT2D eigenvalue weighted by Crippen LogP contribution is 2.41. The van der Waals surface area contributed by atoms with Gasteiger partial charge in [-0.2, -0.15) is 0 Å². The van der Waals surface area contributed by atoms with E-state index < -0.39 is 0 Å². The molecule has 0 bridgehead atoms. The van der Waals surface area contributed by atoms with Gasteiger partial charge in [0.2, 0.25) is 0 Å². The van der Waals surface area contributed by atoms with Gasteiger partial charge in [-0.3, -0.25) is 0 Å². The highest BCUT2D eigenvalue weighted by Gasteiger charge is 2.25. The summed E-state index contributed by atoms with van der Waals surface area (Å²) in [5.74, 6) is 2.25. The summed E-state index contributed by atoms with van der Waals surface area (Å²) in [6.45, 7) is 2.26. The summed E-state index contributed by atoms with van der Waals surface area (Å²) < 4.78 is 8.59. The highest BCUT2D eigenvalue weighted by atomic mass is 32.1. The third kappa shape index (κ3) is 5.95. The summed E-state index contributed by atoms with van der Waals surface area (Å²) in [4.78, 5) is 15.7. The predicted octanol–water partition coefficient (Wildman–Crippen LogP) is 14.2. The van der Waals surface area contributed by atoms with Crippen LogP contribution in [-0.4, -0.2) is 15.0 Å². The maximum Gasteiger partial charge on any atom is 0.164 e. The standard InChI is InChI=1S/C52H35N3OS/c1-32-29-38(36-13-9-14-37(30-36)39-26-28-46-44(31-39)41-15-5-7-18-45(41)56-46)25-27-40(32)51-53-50(35-23-21-34(22-24-35)33-11-3-2-4-12-33)54-52(55-51)43-17-10-20-48-49(43)42-16-6-8-19-47(42)57-48/h2-32,40H,1H3. The zero-order valence-electron chi connectivity index (χ0n) is 31.1. The average Bonchev–Trinajstić information content (AvgIpc) is 3.85. The molecular weight excluding hydrogens is 715 g/mol. The van der Waals surface area contributed by atoms with Gasteiger partial charge in [-0.15, -0.1) is 11.3 Å². The molecule has 0 fully saturated rings. The van der Waals surface area contributed by atoms with Crippen LogP contribution in [0.1, 0.15) is 24.2 Å². The topological polar surface area (TPSA) is 51.8 Å². The lowest BCUT2D eigenvalue weighted by molar-refractivity contribution is 0.602. The average molecular weight is 750 g/mol. The molecule has 10 aromatic rings. The van der Waals surface area contributed by atoms with Crippen LogP contribution in [0, 0.1) is 5.92 Å². The molecule has 11 rings (SSSR count). The first-order chi connectivity index (χ1) is 28.1. The Morgan fingerprint density at radius 3 is 2.02 bits per heavy atom. The van der Waals surface area contributed by atoms with Crippen molar-refractivity contribution in [1.82, 2.24) is 15.0 Å². The van der Waals surface area contributed by atoms with Gasteiger partial charge >= 0.3 is 0 Å². The van der Waals surface area contributed by atoms with Crippen molar-refractivity contribution in [1.29, 1.82) is 0 Å². The van der Waals surface area contributed by atoms with Crippen LogP contribution < -0.4 is 0 Å². The van der Waals surface area contributed by atoms with Gasteiger partial charge in [-0.1, -0.05) is 153 Å². The Bertz CT molecular complexity index is 3210. The van der Waals surface area contributed by atoms with Crippen molar-refractivity contribution in [3.63, 3.8) is 0 Å². The molecule has 0 radical (unpaired) electrons. The minimum absolute atomic E-state index is 0.0313. The van der Waals surface area contributed by atoms with E-state index in [9.17, 15) is 0 Å². The number of allylic oxidation sites excluding steroid dienone is 4. The van der Waals surface area contributed by atoms with E-state index in [1.807, 2.05) is 29.5 Å². The largest absolute Gasteiger partial charge is 0.456 e. The van der Waals surface area contributed by atoms with Crippen molar-refractivity contribution < 1.29 is 4.42 Å². The zero-order valence-corrected chi connectivity index (χ0v) is 31.9. The number of furan rings is 1. The third-order valence-corrected chi connectivity index (χ3v) is 12.4. The van der Waals surface area contributed by atoms with Crippen molar-refractivity contribution in [2.24, 2.45) is 5.92 Å². The van der Waals surface area contributed by atoms with Crippen molar-refractivity contribution in [2.75, 3.05) is 0 Å². The molecule has 57 heavy (non-hydrogen) atoms. The molecule has 5 heteroatoms. The lowest BCUT2D eigenvalue weighted by Gasteiger charge is -2.23. The number of rotatable bonds is 6. The van der Waals surface area contributed by atoms with Gasteiger partial charge in [0.25, 0.3) is 0 Å². The predicted molar refractivity (Wildman–Crippen MR) is 237 cm³/mol. The van der Waals surface area contributed by atoms with Crippen LogP contribution >= 0.6 is 11.3 Å². The van der Waals surface area contributed by atoms with Crippen molar-refractivity contribution in [3.8, 4) is 45.0 Å². The molecule has 3 heterocycles. The van der Waals surface area contributed by atoms with Crippen molar-refractivity contribution >= 4 is 59.0 Å². The molecule has 3 aromatic heterocycles. The van der Waals surface area contributed by atoms with Gasteiger partial charge < -0.3 is 4.42 Å². The number of fused-ring (bicyclic) bond motifs is 6. The van der Waals surface area contributed by atoms with Crippen LogP contribution in [0.15, 0.2) is 186 Å². The Hall–Kier alpha value is -6.95. The molecule has 4 nitrogen and oxygen atoms in total. The second kappa shape index (κ2) is 13.7. The number of para-hydroxylation sites is 1. The summed E-state index contributed by atoms with van der Waals surface area (Å²) in [5.41, 5.74) is 10.8. The van der Waals surface area contributed by atoms with E-state index >= 15 is 0 Å². The molecule has 0 spiro atoms. The van der Waals surface area contributed by atoms with E-state index in [-0.39, 0.29) is 11.8 Å². The van der Waals surface area contributed by atoms with Gasteiger partial charge in [0.05, 0.1) is 0 Å². The van der Waals surface area contributed by atoms with Crippen LogP contribution in [0.4, 0.5) is 0 Å². The second-order valence-corrected chi connectivity index (χ2v) is 15.9. The van der Waals surface area contributed by atoms with Gasteiger partial charge in [-0.05, 0) is 75.7 Å². The van der Waals surface area contributed by atoms with E-state index in [0.29, 0.717) is 11.6 Å². The monoisotopic (exact) mass is 749 g/mol. The van der Waals surface area contributed by atoms with E-state index in [0.717, 1.165) is 50.0 Å². The van der Waals surface area contributed by atoms with Crippen molar-refractivity contribution in [3.05, 3.63) is 193 Å². The molecule has 0 aliphatic heterocycles. The minimum Gasteiger partial charge on any atom is -0.456 e. The summed E-state index contributed by atoms with van der Waals surface area (Å²) in [7, 11) is 0. The Labute approximate surface area is 334 Å². The van der Waals surface area contributed by atoms with E-state index in [1.54, 1.807) is 0 Å². The van der Waals surface area contributed by atoms with Crippen LogP contribution in [0.2, 0.25) is 0 Å². The summed E-state index contributed by atoms with van der Waals surface area (Å²) in [6.07, 6.45) is 6.88. The van der Waals surface area contributed by atoms with E-state index in [4.69, 9.17) is 19.4 Å². The second-order valence-electron chi connectivity index (χ2n) is 14.8. The number of nitrogens with zero attached hydrogens (tertiary/aromatic N) is 3. The van der Waals surface area contributed by atoms with Crippen LogP contribution in [0.3, 0.4) is 0 Å². The fourth-order valence-electron chi connectivity index (χ4n) is 8.32. The Morgan fingerprint density at radius 1 is 0.491 bits per heavy atom. The highest BCUT2D eigenvalue weighted by molar-refractivity contribution is 7.25. The van der Waals surface area contributed by atoms with E-state index in [2.05, 4.69) is 171 Å². The molecule has 0 N–H and O–H groups in total. The SMILES string of the molecule is CC1C=C(c2cccc(-c3ccc4oc5ccccc5c4c3)c2)C=CC1c1nc(-c2ccc(-c3ccccc3)cc2)nc(-c2cccc3sc4ccccc4c23)n1. The normalized spacial score (nSPS) is 15.5. The van der Waals surface area contributed by atoms with E-state index in [1.165, 1.54) is 42.4 Å². The molecule has 0 saturated carbocycles. The van der Waals surface area contributed by atoms with Crippen LogP contribution in [-0.2, 0) is 0 Å². The molecule has 2 atom stereocenters. The maximum absolute atomic E-state index is 6.11. The Balaban J connectivity index is 0.972. The lowest BCUT2D eigenvalue weighted by Crippen LogP contribution is -2.14. The number of hydrogen-bond acceptors (Lipinski definition) is 5. The first-order valence-corrected chi connectivity index (χ1v) is 20.2. The number of thiophene rings is 1. The molecule has 1 aliphatic carbocycles. The minimum atomic E-state index is -0.0313. The Morgan fingerprint density at radius 2 is 1.14 bits per heavy atom. The fourth-order valence-corrected chi connectivity index (χ4v) is 9.45. The molecule has 270 valence electrons. The molecule has 1 aliphatic rings. The molecule has 2 unspecified atom stereocenters. The fraction of sp³-hybridized carbons (Fsp3) is 0.0577. The van der Waals surface area contributed by atoms with Crippen LogP contribution in [0.5, 0.6) is 0 Å². The molecular formula is C52H35N3OS. The Kier molecular flexibility index (Phi) is 8.00. The smallest absolute Gasteiger partial charge is 0.164 e. The number of benzene rings is 7. The molecule has 7 aromatic carbocycles. The maximum atomic E-state index is 6.11. The van der Waals surface area contributed by atoms with Gasteiger partial charge in [0.15, 0.2) is 11.6 Å².